The molecule has 0 radical (unpaired) electrons. The van der Waals surface area contributed by atoms with Crippen LogP contribution in [-0.4, -0.2) is 35.3 Å². The number of benzene rings is 2. The number of hydrogen-bond acceptors (Lipinski definition) is 7. The summed E-state index contributed by atoms with van der Waals surface area (Å²) < 4.78 is 13.0. The van der Waals surface area contributed by atoms with E-state index in [0.717, 1.165) is 10.0 Å². The first-order chi connectivity index (χ1) is 16.3. The van der Waals surface area contributed by atoms with Gasteiger partial charge in [0.1, 0.15) is 5.75 Å². The molecule has 1 aliphatic heterocycles. The van der Waals surface area contributed by atoms with E-state index in [4.69, 9.17) is 14.6 Å². The molecule has 174 valence electrons. The summed E-state index contributed by atoms with van der Waals surface area (Å²) in [6.07, 6.45) is 1.63. The van der Waals surface area contributed by atoms with Crippen molar-refractivity contribution in [2.75, 3.05) is 13.7 Å². The third-order valence-electron chi connectivity index (χ3n) is 5.15. The van der Waals surface area contributed by atoms with Crippen molar-refractivity contribution in [3.05, 3.63) is 95.1 Å². The Bertz CT molecular complexity index is 1490. The Morgan fingerprint density at radius 3 is 2.65 bits per heavy atom. The highest BCUT2D eigenvalue weighted by Gasteiger charge is 2.32. The van der Waals surface area contributed by atoms with E-state index >= 15 is 0 Å². The molecule has 0 bridgehead atoms. The van der Waals surface area contributed by atoms with Crippen LogP contribution in [0.1, 0.15) is 24.1 Å². The molecule has 0 saturated carbocycles. The van der Waals surface area contributed by atoms with Gasteiger partial charge in [0.05, 0.1) is 29.0 Å². The van der Waals surface area contributed by atoms with Gasteiger partial charge in [0.25, 0.3) is 5.56 Å². The molecule has 8 nitrogen and oxygen atoms in total. The number of esters is 1. The molecule has 0 amide bonds. The number of allylic oxidation sites excluding steroid dienone is 1. The number of halogens is 1. The van der Waals surface area contributed by atoms with Crippen LogP contribution in [0.15, 0.2) is 74.1 Å². The van der Waals surface area contributed by atoms with Crippen LogP contribution in [0.2, 0.25) is 0 Å². The highest BCUT2D eigenvalue weighted by Crippen LogP contribution is 2.30. The standard InChI is InChI=1S/C24H19BrN2O6S/c1-13-20(23(31)32-2)21(14-6-4-3-5-7-14)27-22(30)18(34-24(27)26-13)11-15-10-16(25)8-9-17(15)33-12-19(28)29/h3-11,21H,12H2,1-2H3,(H,28,29)/b18-11-/t21-/m0/s1. The molecule has 4 rings (SSSR count). The first-order valence-corrected chi connectivity index (χ1v) is 11.7. The number of thiazole rings is 1. The lowest BCUT2D eigenvalue weighted by molar-refractivity contribution is -0.139. The Kier molecular flexibility index (Phi) is 6.80. The van der Waals surface area contributed by atoms with E-state index in [0.29, 0.717) is 31.9 Å². The number of aliphatic carboxylic acids is 1. The zero-order valence-electron chi connectivity index (χ0n) is 18.1. The van der Waals surface area contributed by atoms with Crippen LogP contribution in [0.4, 0.5) is 0 Å². The third-order valence-corrected chi connectivity index (χ3v) is 6.63. The molecule has 0 spiro atoms. The van der Waals surface area contributed by atoms with E-state index in [1.807, 2.05) is 30.3 Å². The molecule has 0 aliphatic carbocycles. The van der Waals surface area contributed by atoms with Crippen LogP contribution in [0.5, 0.6) is 5.75 Å². The molecular formula is C24H19BrN2O6S. The van der Waals surface area contributed by atoms with E-state index in [1.54, 1.807) is 31.2 Å². The largest absolute Gasteiger partial charge is 0.481 e. The lowest BCUT2D eigenvalue weighted by Crippen LogP contribution is -2.39. The summed E-state index contributed by atoms with van der Waals surface area (Å²) in [6, 6.07) is 13.6. The fraction of sp³-hybridized carbons (Fsp3) is 0.167. The molecule has 34 heavy (non-hydrogen) atoms. The number of carbonyl (C=O) groups excluding carboxylic acids is 1. The molecule has 10 heteroatoms. The van der Waals surface area contributed by atoms with Crippen LogP contribution in [0.25, 0.3) is 6.08 Å². The first-order valence-electron chi connectivity index (χ1n) is 10.1. The van der Waals surface area contributed by atoms with Gasteiger partial charge in [-0.1, -0.05) is 57.6 Å². The molecule has 1 atom stereocenters. The molecule has 1 N–H and O–H groups in total. The summed E-state index contributed by atoms with van der Waals surface area (Å²) in [6.45, 7) is 1.20. The van der Waals surface area contributed by atoms with Crippen LogP contribution < -0.4 is 19.6 Å². The number of ether oxygens (including phenoxy) is 2. The number of carboxylic acids is 1. The van der Waals surface area contributed by atoms with Crippen LogP contribution >= 0.6 is 27.3 Å². The van der Waals surface area contributed by atoms with E-state index in [2.05, 4.69) is 20.9 Å². The topological polar surface area (TPSA) is 107 Å². The van der Waals surface area contributed by atoms with Gasteiger partial charge in [-0.15, -0.1) is 0 Å². The minimum Gasteiger partial charge on any atom is -0.481 e. The molecule has 0 saturated heterocycles. The number of hydrogen-bond donors (Lipinski definition) is 1. The molecular weight excluding hydrogens is 524 g/mol. The van der Waals surface area contributed by atoms with Gasteiger partial charge in [-0.25, -0.2) is 14.6 Å². The van der Waals surface area contributed by atoms with Gasteiger partial charge < -0.3 is 14.6 Å². The highest BCUT2D eigenvalue weighted by molar-refractivity contribution is 9.10. The SMILES string of the molecule is COC(=O)C1=C(C)N=c2s/c(=C\c3cc(Br)ccc3OCC(=O)O)c(=O)n2[C@H]1c1ccccc1. The van der Waals surface area contributed by atoms with Gasteiger partial charge in [-0.2, -0.15) is 0 Å². The number of fused-ring (bicyclic) bond motifs is 1. The second-order valence-electron chi connectivity index (χ2n) is 7.35. The molecule has 0 fully saturated rings. The maximum atomic E-state index is 13.6. The van der Waals surface area contributed by atoms with E-state index < -0.39 is 24.6 Å². The fourth-order valence-electron chi connectivity index (χ4n) is 3.69. The molecule has 1 aromatic heterocycles. The smallest absolute Gasteiger partial charge is 0.341 e. The summed E-state index contributed by atoms with van der Waals surface area (Å²) in [5.41, 5.74) is 1.71. The lowest BCUT2D eigenvalue weighted by atomic mass is 9.96. The van der Waals surface area contributed by atoms with Gasteiger partial charge in [-0.3, -0.25) is 9.36 Å². The van der Waals surface area contributed by atoms with Crippen LogP contribution in [0, 0.1) is 0 Å². The minimum atomic E-state index is -1.11. The second kappa shape index (κ2) is 9.78. The average Bonchev–Trinajstić information content (AvgIpc) is 3.12. The van der Waals surface area contributed by atoms with E-state index in [1.165, 1.54) is 23.0 Å². The van der Waals surface area contributed by atoms with Crippen molar-refractivity contribution >= 4 is 45.3 Å². The Hall–Kier alpha value is -3.50. The zero-order valence-corrected chi connectivity index (χ0v) is 20.6. The van der Waals surface area contributed by atoms with Crippen molar-refractivity contribution in [3.8, 4) is 5.75 Å². The van der Waals surface area contributed by atoms with Crippen LogP contribution in [0.3, 0.4) is 0 Å². The number of carboxylic acid groups (broad SMARTS) is 1. The predicted molar refractivity (Wildman–Crippen MR) is 129 cm³/mol. The van der Waals surface area contributed by atoms with Gasteiger partial charge >= 0.3 is 11.9 Å². The number of rotatable bonds is 6. The van der Waals surface area contributed by atoms with E-state index in [9.17, 15) is 14.4 Å². The molecule has 0 unspecified atom stereocenters. The molecule has 2 aromatic carbocycles. The van der Waals surface area contributed by atoms with Crippen molar-refractivity contribution in [2.24, 2.45) is 4.99 Å². The number of methoxy groups -OCH3 is 1. The van der Waals surface area contributed by atoms with Crippen molar-refractivity contribution < 1.29 is 24.2 Å². The predicted octanol–water partition coefficient (Wildman–Crippen LogP) is 2.63. The Morgan fingerprint density at radius 1 is 1.24 bits per heavy atom. The van der Waals surface area contributed by atoms with Gasteiger partial charge in [-0.05, 0) is 36.8 Å². The van der Waals surface area contributed by atoms with Crippen molar-refractivity contribution in [1.82, 2.24) is 4.57 Å². The fourth-order valence-corrected chi connectivity index (χ4v) is 5.10. The van der Waals surface area contributed by atoms with Crippen molar-refractivity contribution in [3.63, 3.8) is 0 Å². The average molecular weight is 543 g/mol. The molecule has 3 aromatic rings. The lowest BCUT2D eigenvalue weighted by Gasteiger charge is -2.24. The minimum absolute atomic E-state index is 0.292. The number of aromatic nitrogens is 1. The first kappa shape index (κ1) is 23.7. The maximum absolute atomic E-state index is 13.6. The highest BCUT2D eigenvalue weighted by atomic mass is 79.9. The Labute approximate surface area is 206 Å². The van der Waals surface area contributed by atoms with Gasteiger partial charge in [0, 0.05) is 10.0 Å². The number of nitrogens with zero attached hydrogens (tertiary/aromatic N) is 2. The summed E-state index contributed by atoms with van der Waals surface area (Å²) in [5, 5.41) is 8.97. The number of carbonyl (C=O) groups is 2. The normalized spacial score (nSPS) is 15.5. The van der Waals surface area contributed by atoms with Crippen molar-refractivity contribution in [1.29, 1.82) is 0 Å². The monoisotopic (exact) mass is 542 g/mol. The summed E-state index contributed by atoms with van der Waals surface area (Å²) in [7, 11) is 1.29. The third kappa shape index (κ3) is 4.59. The molecule has 1 aliphatic rings. The Balaban J connectivity index is 1.93. The second-order valence-corrected chi connectivity index (χ2v) is 9.27. The van der Waals surface area contributed by atoms with Gasteiger partial charge in [0.2, 0.25) is 0 Å². The summed E-state index contributed by atoms with van der Waals surface area (Å²) in [4.78, 5) is 42.2. The van der Waals surface area contributed by atoms with Gasteiger partial charge in [0.15, 0.2) is 11.4 Å². The zero-order chi connectivity index (χ0) is 24.4. The Morgan fingerprint density at radius 2 is 1.97 bits per heavy atom. The van der Waals surface area contributed by atoms with Crippen molar-refractivity contribution in [2.45, 2.75) is 13.0 Å². The summed E-state index contributed by atoms with van der Waals surface area (Å²) in [5.74, 6) is -1.34. The van der Waals surface area contributed by atoms with E-state index in [-0.39, 0.29) is 5.56 Å². The summed E-state index contributed by atoms with van der Waals surface area (Å²) >= 11 is 4.57. The molecule has 2 heterocycles. The van der Waals surface area contributed by atoms with Crippen LogP contribution in [-0.2, 0) is 14.3 Å². The quantitative estimate of drug-likeness (QED) is 0.480. The maximum Gasteiger partial charge on any atom is 0.341 e.